The highest BCUT2D eigenvalue weighted by Crippen LogP contribution is 2.22. The largest absolute Gasteiger partial charge is 0.455 e. The van der Waals surface area contributed by atoms with E-state index in [0.717, 1.165) is 5.16 Å². The van der Waals surface area contributed by atoms with Crippen molar-refractivity contribution in [1.82, 2.24) is 9.55 Å². The Bertz CT molecular complexity index is 915. The zero-order valence-electron chi connectivity index (χ0n) is 14.4. The zero-order chi connectivity index (χ0) is 18.5. The van der Waals surface area contributed by atoms with Crippen LogP contribution in [0, 0.1) is 0 Å². The van der Waals surface area contributed by atoms with Crippen molar-refractivity contribution in [3.63, 3.8) is 0 Å². The first kappa shape index (κ1) is 17.8. The van der Waals surface area contributed by atoms with Crippen LogP contribution in [0.3, 0.4) is 0 Å². The average molecular weight is 370 g/mol. The van der Waals surface area contributed by atoms with E-state index in [9.17, 15) is 9.59 Å². The van der Waals surface area contributed by atoms with Crippen LogP contribution in [0.4, 0.5) is 11.4 Å². The third kappa shape index (κ3) is 4.54. The minimum atomic E-state index is -0.328. The molecule has 0 aliphatic heterocycles. The molecule has 0 aliphatic carbocycles. The molecule has 0 radical (unpaired) electrons. The van der Waals surface area contributed by atoms with Gasteiger partial charge in [0.25, 0.3) is 5.91 Å². The predicted octanol–water partition coefficient (Wildman–Crippen LogP) is 3.52. The topological polar surface area (TPSA) is 89.2 Å². The molecule has 3 rings (SSSR count). The van der Waals surface area contributed by atoms with Gasteiger partial charge in [0, 0.05) is 37.7 Å². The Morgan fingerprint density at radius 3 is 2.42 bits per heavy atom. The summed E-state index contributed by atoms with van der Waals surface area (Å²) in [7, 11) is 1.92. The molecular formula is C18H18N4O3S. The molecule has 2 aromatic heterocycles. The molecule has 0 atom stereocenters. The van der Waals surface area contributed by atoms with Crippen LogP contribution < -0.4 is 10.6 Å². The van der Waals surface area contributed by atoms with Gasteiger partial charge in [-0.05, 0) is 36.4 Å². The maximum absolute atomic E-state index is 12.3. The van der Waals surface area contributed by atoms with Crippen molar-refractivity contribution in [3.8, 4) is 0 Å². The minimum absolute atomic E-state index is 0.145. The van der Waals surface area contributed by atoms with Crippen LogP contribution in [-0.2, 0) is 17.6 Å². The smallest absolute Gasteiger partial charge is 0.291 e. The molecule has 0 saturated carbocycles. The van der Waals surface area contributed by atoms with Gasteiger partial charge in [0.15, 0.2) is 10.9 Å². The quantitative estimate of drug-likeness (QED) is 0.648. The molecule has 0 spiro atoms. The highest BCUT2D eigenvalue weighted by Gasteiger charge is 2.12. The summed E-state index contributed by atoms with van der Waals surface area (Å²) >= 11 is 1.53. The first-order valence-electron chi connectivity index (χ1n) is 7.89. The van der Waals surface area contributed by atoms with Crippen LogP contribution in [0.5, 0.6) is 0 Å². The highest BCUT2D eigenvalue weighted by atomic mass is 32.2. The summed E-state index contributed by atoms with van der Waals surface area (Å²) in [4.78, 5) is 27.5. The molecule has 0 aliphatic rings. The molecule has 2 N–H and O–H groups in total. The summed E-state index contributed by atoms with van der Waals surface area (Å²) in [5.41, 5.74) is 1.28. The van der Waals surface area contributed by atoms with Crippen LogP contribution in [0.25, 0.3) is 0 Å². The van der Waals surface area contributed by atoms with E-state index in [0.29, 0.717) is 22.9 Å². The Hall–Kier alpha value is -3.00. The molecule has 0 fully saturated rings. The molecule has 0 saturated heterocycles. The first-order valence-corrected chi connectivity index (χ1v) is 8.87. The van der Waals surface area contributed by atoms with E-state index >= 15 is 0 Å². The number of furan rings is 1. The lowest BCUT2D eigenvalue weighted by molar-refractivity contribution is -0.114. The summed E-state index contributed by atoms with van der Waals surface area (Å²) in [6.45, 7) is 1.44. The number of rotatable bonds is 6. The zero-order valence-corrected chi connectivity index (χ0v) is 15.2. The number of hydrogen-bond donors (Lipinski definition) is 2. The van der Waals surface area contributed by atoms with E-state index in [1.807, 2.05) is 17.8 Å². The fourth-order valence-corrected chi connectivity index (χ4v) is 3.06. The second-order valence-corrected chi connectivity index (χ2v) is 6.53. The minimum Gasteiger partial charge on any atom is -0.455 e. The van der Waals surface area contributed by atoms with E-state index < -0.39 is 0 Å². The van der Waals surface area contributed by atoms with Crippen LogP contribution >= 0.6 is 11.8 Å². The fraction of sp³-hybridized carbons (Fsp3) is 0.167. The third-order valence-corrected chi connectivity index (χ3v) is 4.55. The number of aryl methyl sites for hydroxylation is 1. The first-order chi connectivity index (χ1) is 12.5. The van der Waals surface area contributed by atoms with Gasteiger partial charge in [-0.3, -0.25) is 9.59 Å². The van der Waals surface area contributed by atoms with Crippen LogP contribution in [0.2, 0.25) is 0 Å². The molecule has 0 unspecified atom stereocenters. The van der Waals surface area contributed by atoms with E-state index in [4.69, 9.17) is 4.42 Å². The SMILES string of the molecule is CC(=O)Nc1ccc(NC(=O)c2ccc(CSc3nccn3C)o2)cc1. The summed E-state index contributed by atoms with van der Waals surface area (Å²) in [5, 5.41) is 6.31. The molecule has 3 aromatic rings. The van der Waals surface area contributed by atoms with Gasteiger partial charge < -0.3 is 19.6 Å². The maximum Gasteiger partial charge on any atom is 0.291 e. The van der Waals surface area contributed by atoms with Crippen molar-refractivity contribution in [3.05, 3.63) is 60.3 Å². The van der Waals surface area contributed by atoms with Gasteiger partial charge in [-0.25, -0.2) is 4.98 Å². The fourth-order valence-electron chi connectivity index (χ4n) is 2.24. The van der Waals surface area contributed by atoms with E-state index in [-0.39, 0.29) is 17.6 Å². The molecular weight excluding hydrogens is 352 g/mol. The summed E-state index contributed by atoms with van der Waals surface area (Å²) in [6, 6.07) is 10.3. The van der Waals surface area contributed by atoms with Crippen molar-refractivity contribution in [2.24, 2.45) is 7.05 Å². The number of anilines is 2. The maximum atomic E-state index is 12.3. The molecule has 134 valence electrons. The Labute approximate surface area is 154 Å². The number of carbonyl (C=O) groups excluding carboxylic acids is 2. The number of hydrogen-bond acceptors (Lipinski definition) is 5. The van der Waals surface area contributed by atoms with Crippen LogP contribution in [0.15, 0.2) is 58.4 Å². The van der Waals surface area contributed by atoms with E-state index in [1.54, 1.807) is 42.6 Å². The predicted molar refractivity (Wildman–Crippen MR) is 100 cm³/mol. The van der Waals surface area contributed by atoms with Gasteiger partial charge in [-0.1, -0.05) is 11.8 Å². The highest BCUT2D eigenvalue weighted by molar-refractivity contribution is 7.98. The normalized spacial score (nSPS) is 10.5. The van der Waals surface area contributed by atoms with Gasteiger partial charge in [0.2, 0.25) is 5.91 Å². The Kier molecular flexibility index (Phi) is 5.43. The second-order valence-electron chi connectivity index (χ2n) is 5.59. The number of benzene rings is 1. The van der Waals surface area contributed by atoms with E-state index in [1.165, 1.54) is 18.7 Å². The lowest BCUT2D eigenvalue weighted by Crippen LogP contribution is -2.11. The van der Waals surface area contributed by atoms with Crippen molar-refractivity contribution >= 4 is 35.0 Å². The van der Waals surface area contributed by atoms with Gasteiger partial charge in [-0.15, -0.1) is 0 Å². The van der Waals surface area contributed by atoms with E-state index in [2.05, 4.69) is 15.6 Å². The number of carbonyl (C=O) groups is 2. The lowest BCUT2D eigenvalue weighted by Gasteiger charge is -2.05. The Balaban J connectivity index is 1.57. The number of aromatic nitrogens is 2. The molecule has 0 bridgehead atoms. The van der Waals surface area contributed by atoms with Crippen molar-refractivity contribution in [2.45, 2.75) is 17.8 Å². The summed E-state index contributed by atoms with van der Waals surface area (Å²) < 4.78 is 7.53. The number of nitrogens with one attached hydrogen (secondary N) is 2. The molecule has 2 heterocycles. The van der Waals surface area contributed by atoms with Gasteiger partial charge in [0.05, 0.1) is 5.75 Å². The number of nitrogens with zero attached hydrogens (tertiary/aromatic N) is 2. The average Bonchev–Trinajstić information content (AvgIpc) is 3.23. The van der Waals surface area contributed by atoms with Crippen molar-refractivity contribution < 1.29 is 14.0 Å². The molecule has 1 aromatic carbocycles. The number of imidazole rings is 1. The van der Waals surface area contributed by atoms with Crippen molar-refractivity contribution in [2.75, 3.05) is 10.6 Å². The summed E-state index contributed by atoms with van der Waals surface area (Å²) in [5.74, 6) is 1.05. The van der Waals surface area contributed by atoms with Crippen LogP contribution in [0.1, 0.15) is 23.2 Å². The second kappa shape index (κ2) is 7.92. The molecule has 2 amide bonds. The van der Waals surface area contributed by atoms with Gasteiger partial charge in [0.1, 0.15) is 5.76 Å². The van der Waals surface area contributed by atoms with Crippen molar-refractivity contribution in [1.29, 1.82) is 0 Å². The molecule has 7 nitrogen and oxygen atoms in total. The Morgan fingerprint density at radius 2 is 1.81 bits per heavy atom. The van der Waals surface area contributed by atoms with Crippen LogP contribution in [-0.4, -0.2) is 21.4 Å². The molecule has 8 heteroatoms. The number of amides is 2. The third-order valence-electron chi connectivity index (χ3n) is 3.47. The Morgan fingerprint density at radius 1 is 1.12 bits per heavy atom. The van der Waals surface area contributed by atoms with Gasteiger partial charge >= 0.3 is 0 Å². The molecule has 26 heavy (non-hydrogen) atoms. The standard InChI is InChI=1S/C18H18N4O3S/c1-12(23)20-13-3-5-14(6-4-13)21-17(24)16-8-7-15(25-16)11-26-18-19-9-10-22(18)2/h3-10H,11H2,1-2H3,(H,20,23)(H,21,24). The number of thioether (sulfide) groups is 1. The monoisotopic (exact) mass is 370 g/mol. The summed E-state index contributed by atoms with van der Waals surface area (Å²) in [6.07, 6.45) is 3.61. The lowest BCUT2D eigenvalue weighted by atomic mass is 10.2. The van der Waals surface area contributed by atoms with Gasteiger partial charge in [-0.2, -0.15) is 0 Å².